The summed E-state index contributed by atoms with van der Waals surface area (Å²) in [4.78, 5) is 14.0. The summed E-state index contributed by atoms with van der Waals surface area (Å²) in [6.07, 6.45) is 6.50. The highest BCUT2D eigenvalue weighted by molar-refractivity contribution is 7.13. The Hall–Kier alpha value is -1.17. The number of carbonyl (C=O) groups is 1. The van der Waals surface area contributed by atoms with E-state index in [1.165, 1.54) is 37.0 Å². The van der Waals surface area contributed by atoms with E-state index in [1.807, 2.05) is 4.90 Å². The summed E-state index contributed by atoms with van der Waals surface area (Å²) in [6, 6.07) is -0.0178. The molecule has 18 heavy (non-hydrogen) atoms. The minimum absolute atomic E-state index is 0.0178. The van der Waals surface area contributed by atoms with E-state index in [0.29, 0.717) is 11.0 Å². The van der Waals surface area contributed by atoms with Crippen molar-refractivity contribution in [3.63, 3.8) is 0 Å². The molecule has 1 N–H and O–H groups in total. The monoisotopic (exact) mass is 266 g/mol. The molecule has 3 rings (SSSR count). The van der Waals surface area contributed by atoms with Gasteiger partial charge in [0.2, 0.25) is 5.13 Å². The molecule has 98 valence electrons. The molecule has 0 unspecified atom stereocenters. The molecular formula is C12H18N4OS. The van der Waals surface area contributed by atoms with E-state index in [-0.39, 0.29) is 6.03 Å². The summed E-state index contributed by atoms with van der Waals surface area (Å²) in [5.41, 5.74) is 1.63. The first-order valence-electron chi connectivity index (χ1n) is 6.65. The smallest absolute Gasteiger partial charge is 0.323 e. The lowest BCUT2D eigenvalue weighted by molar-refractivity contribution is 0.108. The molecule has 2 aliphatic rings. The van der Waals surface area contributed by atoms with Crippen LogP contribution in [-0.4, -0.2) is 34.2 Å². The Labute approximate surface area is 111 Å². The number of hydrogen-bond acceptors (Lipinski definition) is 4. The maximum Gasteiger partial charge on any atom is 0.323 e. The van der Waals surface area contributed by atoms with Crippen molar-refractivity contribution >= 4 is 22.5 Å². The van der Waals surface area contributed by atoms with E-state index in [2.05, 4.69) is 15.5 Å². The lowest BCUT2D eigenvalue weighted by Crippen LogP contribution is -2.46. The van der Waals surface area contributed by atoms with Gasteiger partial charge in [0.25, 0.3) is 0 Å². The number of nitrogens with zero attached hydrogens (tertiary/aromatic N) is 3. The molecule has 1 saturated heterocycles. The zero-order chi connectivity index (χ0) is 12.4. The van der Waals surface area contributed by atoms with Crippen LogP contribution in [0, 0.1) is 11.8 Å². The molecule has 0 bridgehead atoms. The number of anilines is 1. The van der Waals surface area contributed by atoms with Crippen LogP contribution in [0.1, 0.15) is 32.1 Å². The SMILES string of the molecule is O=C(Nc1nncs1)N1CC[C@@H]2CCCC[C@H]2C1. The summed E-state index contributed by atoms with van der Waals surface area (Å²) in [6.45, 7) is 1.79. The molecule has 1 aliphatic heterocycles. The fourth-order valence-electron chi connectivity index (χ4n) is 3.18. The second kappa shape index (κ2) is 5.22. The first-order chi connectivity index (χ1) is 8.83. The Morgan fingerprint density at radius 1 is 1.33 bits per heavy atom. The molecule has 2 fully saturated rings. The van der Waals surface area contributed by atoms with Crippen LogP contribution in [0.15, 0.2) is 5.51 Å². The van der Waals surface area contributed by atoms with Crippen molar-refractivity contribution in [3.05, 3.63) is 5.51 Å². The van der Waals surface area contributed by atoms with Crippen LogP contribution in [0.4, 0.5) is 9.93 Å². The van der Waals surface area contributed by atoms with Crippen LogP contribution in [0.25, 0.3) is 0 Å². The fraction of sp³-hybridized carbons (Fsp3) is 0.750. The number of fused-ring (bicyclic) bond motifs is 1. The molecular weight excluding hydrogens is 248 g/mol. The van der Waals surface area contributed by atoms with Gasteiger partial charge in [-0.2, -0.15) is 0 Å². The summed E-state index contributed by atoms with van der Waals surface area (Å²) in [5.74, 6) is 1.57. The summed E-state index contributed by atoms with van der Waals surface area (Å²) >= 11 is 1.36. The third-order valence-corrected chi connectivity index (χ3v) is 4.76. The third-order valence-electron chi connectivity index (χ3n) is 4.15. The topological polar surface area (TPSA) is 58.1 Å². The molecule has 1 aromatic heterocycles. The van der Waals surface area contributed by atoms with Crippen LogP contribution in [0.2, 0.25) is 0 Å². The minimum Gasteiger partial charge on any atom is -0.324 e. The molecule has 0 spiro atoms. The van der Waals surface area contributed by atoms with Gasteiger partial charge < -0.3 is 4.90 Å². The van der Waals surface area contributed by atoms with Gasteiger partial charge >= 0.3 is 6.03 Å². The van der Waals surface area contributed by atoms with Crippen LogP contribution in [0.5, 0.6) is 0 Å². The van der Waals surface area contributed by atoms with E-state index < -0.39 is 0 Å². The first kappa shape index (κ1) is 11.9. The van der Waals surface area contributed by atoms with Crippen molar-refractivity contribution in [2.45, 2.75) is 32.1 Å². The van der Waals surface area contributed by atoms with Gasteiger partial charge in [0.1, 0.15) is 5.51 Å². The number of rotatable bonds is 1. The predicted octanol–water partition coefficient (Wildman–Crippen LogP) is 2.58. The summed E-state index contributed by atoms with van der Waals surface area (Å²) in [7, 11) is 0. The van der Waals surface area contributed by atoms with Gasteiger partial charge in [0, 0.05) is 13.1 Å². The van der Waals surface area contributed by atoms with Crippen LogP contribution >= 0.6 is 11.3 Å². The Bertz CT molecular complexity index is 408. The summed E-state index contributed by atoms with van der Waals surface area (Å²) in [5, 5.41) is 11.0. The van der Waals surface area contributed by atoms with Gasteiger partial charge in [0.05, 0.1) is 0 Å². The van der Waals surface area contributed by atoms with Crippen molar-refractivity contribution in [1.29, 1.82) is 0 Å². The highest BCUT2D eigenvalue weighted by Gasteiger charge is 2.33. The van der Waals surface area contributed by atoms with E-state index >= 15 is 0 Å². The molecule has 1 saturated carbocycles. The number of piperidine rings is 1. The van der Waals surface area contributed by atoms with E-state index in [9.17, 15) is 4.79 Å². The molecule has 2 amide bonds. The van der Waals surface area contributed by atoms with E-state index in [4.69, 9.17) is 0 Å². The quantitative estimate of drug-likeness (QED) is 0.850. The Kier molecular flexibility index (Phi) is 3.45. The Balaban J connectivity index is 1.58. The average molecular weight is 266 g/mol. The van der Waals surface area contributed by atoms with Crippen LogP contribution in [0.3, 0.4) is 0 Å². The van der Waals surface area contributed by atoms with Crippen molar-refractivity contribution in [1.82, 2.24) is 15.1 Å². The number of urea groups is 1. The van der Waals surface area contributed by atoms with Crippen molar-refractivity contribution in [3.8, 4) is 0 Å². The van der Waals surface area contributed by atoms with Crippen molar-refractivity contribution in [2.75, 3.05) is 18.4 Å². The summed E-state index contributed by atoms with van der Waals surface area (Å²) < 4.78 is 0. The number of aromatic nitrogens is 2. The van der Waals surface area contributed by atoms with Gasteiger partial charge in [-0.3, -0.25) is 5.32 Å². The van der Waals surface area contributed by atoms with Gasteiger partial charge in [-0.1, -0.05) is 30.6 Å². The highest BCUT2D eigenvalue weighted by atomic mass is 32.1. The maximum atomic E-state index is 12.1. The van der Waals surface area contributed by atoms with E-state index in [1.54, 1.807) is 5.51 Å². The Morgan fingerprint density at radius 3 is 2.94 bits per heavy atom. The largest absolute Gasteiger partial charge is 0.324 e. The first-order valence-corrected chi connectivity index (χ1v) is 7.53. The van der Waals surface area contributed by atoms with Gasteiger partial charge in [-0.25, -0.2) is 4.79 Å². The lowest BCUT2D eigenvalue weighted by Gasteiger charge is -2.41. The standard InChI is InChI=1S/C12H18N4OS/c17-12(14-11-15-13-8-18-11)16-6-5-9-3-1-2-4-10(9)7-16/h8-10H,1-7H2,(H,14,15,17)/t9-,10-/m0/s1. The molecule has 2 heterocycles. The predicted molar refractivity (Wildman–Crippen MR) is 70.6 cm³/mol. The second-order valence-corrected chi connectivity index (χ2v) is 6.05. The van der Waals surface area contributed by atoms with Gasteiger partial charge in [-0.05, 0) is 24.7 Å². The van der Waals surface area contributed by atoms with Crippen LogP contribution in [-0.2, 0) is 0 Å². The van der Waals surface area contributed by atoms with Gasteiger partial charge in [-0.15, -0.1) is 10.2 Å². The average Bonchev–Trinajstić information content (AvgIpc) is 2.91. The molecule has 5 nitrogen and oxygen atoms in total. The number of hydrogen-bond donors (Lipinski definition) is 1. The minimum atomic E-state index is -0.0178. The number of amides is 2. The van der Waals surface area contributed by atoms with Crippen molar-refractivity contribution < 1.29 is 4.79 Å². The highest BCUT2D eigenvalue weighted by Crippen LogP contribution is 2.36. The number of likely N-dealkylation sites (tertiary alicyclic amines) is 1. The molecule has 1 aromatic rings. The Morgan fingerprint density at radius 2 is 2.17 bits per heavy atom. The molecule has 1 aliphatic carbocycles. The normalized spacial score (nSPS) is 27.7. The number of carbonyl (C=O) groups excluding carboxylic acids is 1. The second-order valence-electron chi connectivity index (χ2n) is 5.21. The van der Waals surface area contributed by atoms with Crippen LogP contribution < -0.4 is 5.32 Å². The maximum absolute atomic E-state index is 12.1. The van der Waals surface area contributed by atoms with E-state index in [0.717, 1.165) is 25.4 Å². The number of nitrogens with one attached hydrogen (secondary N) is 1. The van der Waals surface area contributed by atoms with Gasteiger partial charge in [0.15, 0.2) is 0 Å². The fourth-order valence-corrected chi connectivity index (χ4v) is 3.62. The van der Waals surface area contributed by atoms with Crippen molar-refractivity contribution in [2.24, 2.45) is 11.8 Å². The molecule has 0 aromatic carbocycles. The zero-order valence-corrected chi connectivity index (χ0v) is 11.2. The molecule has 2 atom stereocenters. The molecule has 6 heteroatoms. The lowest BCUT2D eigenvalue weighted by atomic mass is 9.75. The molecule has 0 radical (unpaired) electrons. The zero-order valence-electron chi connectivity index (χ0n) is 10.3. The third kappa shape index (κ3) is 2.48.